The van der Waals surface area contributed by atoms with E-state index < -0.39 is 40.0 Å². The van der Waals surface area contributed by atoms with Crippen molar-refractivity contribution in [1.29, 1.82) is 0 Å². The zero-order valence-corrected chi connectivity index (χ0v) is 32.4. The number of anilines is 1. The number of fused-ring (bicyclic) bond motifs is 5. The predicted molar refractivity (Wildman–Crippen MR) is 207 cm³/mol. The van der Waals surface area contributed by atoms with E-state index in [1.165, 1.54) is 6.92 Å². The molecule has 0 saturated heterocycles. The maximum atomic E-state index is 14.6. The lowest BCUT2D eigenvalue weighted by Gasteiger charge is -2.35. The van der Waals surface area contributed by atoms with Crippen LogP contribution in [-0.2, 0) is 24.4 Å². The average Bonchev–Trinajstić information content (AvgIpc) is 3.45. The quantitative estimate of drug-likeness (QED) is 0.0454. The number of nitrogens with one attached hydrogen (secondary N) is 1. The molecule has 2 unspecified atom stereocenters. The van der Waals surface area contributed by atoms with Gasteiger partial charge < -0.3 is 19.2 Å². The SMILES string of the molecule is COCCOc1ccccc1C(=NOC(C)=O)c1ccc2c(c1)C1C=C(C(=O)c3c(C)cc(C)cc3C)c3ccccc3C1N2CCCNS(=O)(=O)C(F)(F)F. The van der Waals surface area contributed by atoms with Crippen LogP contribution in [0.4, 0.5) is 18.9 Å². The molecule has 0 saturated carbocycles. The summed E-state index contributed by atoms with van der Waals surface area (Å²) in [7, 11) is -3.96. The van der Waals surface area contributed by atoms with Crippen molar-refractivity contribution in [2.45, 2.75) is 51.6 Å². The number of para-hydroxylation sites is 1. The molecule has 0 amide bonds. The smallest absolute Gasteiger partial charge is 0.490 e. The summed E-state index contributed by atoms with van der Waals surface area (Å²) >= 11 is 0. The second-order valence-corrected chi connectivity index (χ2v) is 15.5. The molecule has 0 bridgehead atoms. The molecule has 1 heterocycles. The minimum Gasteiger partial charge on any atom is -0.490 e. The van der Waals surface area contributed by atoms with E-state index in [2.05, 4.69) is 5.16 Å². The second kappa shape index (κ2) is 16.4. The number of sulfonamides is 1. The molecule has 4 aromatic rings. The number of carbonyl (C=O) groups is 2. The Kier molecular flexibility index (Phi) is 11.8. The number of benzene rings is 4. The highest BCUT2D eigenvalue weighted by atomic mass is 32.2. The van der Waals surface area contributed by atoms with Crippen molar-refractivity contribution in [3.05, 3.63) is 135 Å². The molecule has 2 aliphatic rings. The van der Waals surface area contributed by atoms with Crippen molar-refractivity contribution >= 4 is 38.7 Å². The number of halogens is 3. The topological polar surface area (TPSA) is 124 Å². The molecule has 0 aromatic heterocycles. The highest BCUT2D eigenvalue weighted by molar-refractivity contribution is 7.90. The average molecular weight is 790 g/mol. The highest BCUT2D eigenvalue weighted by Gasteiger charge is 2.46. The molecule has 294 valence electrons. The normalized spacial score (nSPS) is 16.5. The maximum Gasteiger partial charge on any atom is 0.511 e. The van der Waals surface area contributed by atoms with Crippen LogP contribution < -0.4 is 14.4 Å². The van der Waals surface area contributed by atoms with Crippen LogP contribution in [0.3, 0.4) is 0 Å². The van der Waals surface area contributed by atoms with Gasteiger partial charge in [0.05, 0.1) is 12.6 Å². The molecule has 0 fully saturated rings. The van der Waals surface area contributed by atoms with Crippen molar-refractivity contribution in [3.8, 4) is 5.75 Å². The first-order valence-electron chi connectivity index (χ1n) is 18.0. The predicted octanol–water partition coefficient (Wildman–Crippen LogP) is 7.71. The van der Waals surface area contributed by atoms with Crippen LogP contribution in [-0.4, -0.2) is 64.8 Å². The van der Waals surface area contributed by atoms with E-state index in [-0.39, 0.29) is 25.4 Å². The third-order valence-corrected chi connectivity index (χ3v) is 11.0. The minimum absolute atomic E-state index is 0.0461. The number of hydrogen-bond acceptors (Lipinski definition) is 9. The number of methoxy groups -OCH3 is 1. The van der Waals surface area contributed by atoms with Gasteiger partial charge in [0.1, 0.15) is 18.1 Å². The van der Waals surface area contributed by atoms with E-state index in [9.17, 15) is 31.2 Å². The van der Waals surface area contributed by atoms with Gasteiger partial charge in [-0.25, -0.2) is 17.9 Å². The summed E-state index contributed by atoms with van der Waals surface area (Å²) in [6.07, 6.45) is 2.00. The Morgan fingerprint density at radius 3 is 2.30 bits per heavy atom. The second-order valence-electron chi connectivity index (χ2n) is 13.8. The van der Waals surface area contributed by atoms with E-state index >= 15 is 0 Å². The number of nitrogens with zero attached hydrogens (tertiary/aromatic N) is 2. The zero-order chi connectivity index (χ0) is 40.4. The summed E-state index contributed by atoms with van der Waals surface area (Å²) in [5.41, 5.74) is 2.93. The Hall–Kier alpha value is -5.31. The Balaban J connectivity index is 1.49. The molecule has 14 heteroatoms. The summed E-state index contributed by atoms with van der Waals surface area (Å²) in [5, 5.41) is 4.27. The van der Waals surface area contributed by atoms with Gasteiger partial charge in [-0.2, -0.15) is 13.2 Å². The Bertz CT molecular complexity index is 2320. The number of carbonyl (C=O) groups excluding carboxylic acids is 2. The van der Waals surface area contributed by atoms with Crippen LogP contribution >= 0.6 is 0 Å². The van der Waals surface area contributed by atoms with Gasteiger partial charge in [0.2, 0.25) is 0 Å². The third kappa shape index (κ3) is 8.13. The summed E-state index contributed by atoms with van der Waals surface area (Å²) in [6.45, 7) is 7.36. The van der Waals surface area contributed by atoms with Gasteiger partial charge in [0.25, 0.3) is 0 Å². The Morgan fingerprint density at radius 2 is 1.61 bits per heavy atom. The molecular weight excluding hydrogens is 748 g/mol. The number of alkyl halides is 3. The van der Waals surface area contributed by atoms with Gasteiger partial charge in [-0.05, 0) is 79.3 Å². The van der Waals surface area contributed by atoms with Crippen molar-refractivity contribution in [3.63, 3.8) is 0 Å². The van der Waals surface area contributed by atoms with Crippen LogP contribution in [0.2, 0.25) is 0 Å². The van der Waals surface area contributed by atoms with Crippen LogP contribution in [0.5, 0.6) is 5.75 Å². The first-order chi connectivity index (χ1) is 26.6. The molecule has 56 heavy (non-hydrogen) atoms. The molecule has 6 rings (SSSR count). The monoisotopic (exact) mass is 789 g/mol. The van der Waals surface area contributed by atoms with Crippen LogP contribution in [0.1, 0.15) is 80.2 Å². The number of hydrogen-bond donors (Lipinski definition) is 1. The Morgan fingerprint density at radius 1 is 0.911 bits per heavy atom. The lowest BCUT2D eigenvalue weighted by atomic mass is 9.76. The first-order valence-corrected chi connectivity index (χ1v) is 19.5. The van der Waals surface area contributed by atoms with Crippen molar-refractivity contribution < 1.29 is 45.5 Å². The molecule has 0 spiro atoms. The molecule has 1 aliphatic carbocycles. The van der Waals surface area contributed by atoms with Gasteiger partial charge >= 0.3 is 21.5 Å². The number of aryl methyl sites for hydroxylation is 3. The van der Waals surface area contributed by atoms with Crippen LogP contribution in [0.25, 0.3) is 5.57 Å². The molecule has 1 aliphatic heterocycles. The van der Waals surface area contributed by atoms with E-state index in [0.29, 0.717) is 40.3 Å². The fourth-order valence-electron chi connectivity index (χ4n) is 7.61. The maximum absolute atomic E-state index is 14.6. The number of allylic oxidation sites excluding steroid dienone is 1. The van der Waals surface area contributed by atoms with Crippen LogP contribution in [0, 0.1) is 20.8 Å². The van der Waals surface area contributed by atoms with Gasteiger partial charge in [-0.3, -0.25) is 4.79 Å². The lowest BCUT2D eigenvalue weighted by molar-refractivity contribution is -0.140. The minimum atomic E-state index is -5.53. The molecular formula is C42H42F3N3O7S. The summed E-state index contributed by atoms with van der Waals surface area (Å²) in [5.74, 6) is -0.728. The van der Waals surface area contributed by atoms with Gasteiger partial charge in [-0.1, -0.05) is 71.4 Å². The number of Topliss-reactive ketones (excluding diaryl/α,β-unsaturated/α-hetero) is 1. The van der Waals surface area contributed by atoms with E-state index in [4.69, 9.17) is 14.3 Å². The number of ketones is 1. The number of rotatable bonds is 14. The first kappa shape index (κ1) is 40.4. The van der Waals surface area contributed by atoms with Crippen LogP contribution in [0.15, 0.2) is 90.1 Å². The Labute approximate surface area is 324 Å². The highest BCUT2D eigenvalue weighted by Crippen LogP contribution is 2.55. The number of oxime groups is 1. The van der Waals surface area contributed by atoms with Crippen molar-refractivity contribution in [2.24, 2.45) is 5.16 Å². The van der Waals surface area contributed by atoms with Gasteiger partial charge in [0.15, 0.2) is 5.78 Å². The molecule has 2 atom stereocenters. The summed E-state index contributed by atoms with van der Waals surface area (Å²) in [6, 6.07) is 23.8. The standard InChI is InChI=1S/C42H42F3N3O7S/c1-25-21-26(2)38(27(3)22-25)41(50)35-24-34-33-23-29(39(47-55-28(4)49)32-13-8-9-14-37(32)54-20-19-53-5)15-16-36(33)48(40(34)31-12-7-6-11-30(31)35)18-10-17-46-56(51,52)42(43,44)45/h6-9,11-16,21-24,34,40,46H,10,17-20H2,1-5H3. The molecule has 10 nitrogen and oxygen atoms in total. The van der Waals surface area contributed by atoms with Gasteiger partial charge in [0, 0.05) is 61.0 Å². The van der Waals surface area contributed by atoms with Crippen molar-refractivity contribution in [1.82, 2.24) is 4.72 Å². The molecule has 4 aromatic carbocycles. The summed E-state index contributed by atoms with van der Waals surface area (Å²) in [4.78, 5) is 33.9. The molecule has 1 N–H and O–H groups in total. The van der Waals surface area contributed by atoms with Crippen molar-refractivity contribution in [2.75, 3.05) is 38.3 Å². The van der Waals surface area contributed by atoms with E-state index in [1.54, 1.807) is 42.2 Å². The molecule has 0 radical (unpaired) electrons. The largest absolute Gasteiger partial charge is 0.511 e. The third-order valence-electron chi connectivity index (χ3n) is 9.84. The summed E-state index contributed by atoms with van der Waals surface area (Å²) < 4.78 is 75.8. The van der Waals surface area contributed by atoms with Gasteiger partial charge in [-0.15, -0.1) is 0 Å². The zero-order valence-electron chi connectivity index (χ0n) is 31.6. The fraction of sp³-hybridized carbons (Fsp3) is 0.310. The number of ether oxygens (including phenoxy) is 2. The van der Waals surface area contributed by atoms with E-state index in [0.717, 1.165) is 39.1 Å². The fourth-order valence-corrected chi connectivity index (χ4v) is 8.19. The lowest BCUT2D eigenvalue weighted by Crippen LogP contribution is -2.38. The van der Waals surface area contributed by atoms with E-state index in [1.807, 2.05) is 80.3 Å².